The second-order valence-electron chi connectivity index (χ2n) is 6.07. The molecule has 3 rings (SSSR count). The molecule has 1 aromatic carbocycles. The maximum absolute atomic E-state index is 13.8. The molecule has 1 atom stereocenters. The smallest absolute Gasteiger partial charge is 0.224 e. The summed E-state index contributed by atoms with van der Waals surface area (Å²) in [5.41, 5.74) is 1.87. The molecule has 1 aliphatic rings. The lowest BCUT2D eigenvalue weighted by Gasteiger charge is -2.19. The molecule has 1 aromatic heterocycles. The van der Waals surface area contributed by atoms with E-state index in [1.807, 2.05) is 4.90 Å². The number of hydrogen-bond acceptors (Lipinski definition) is 4. The summed E-state index contributed by atoms with van der Waals surface area (Å²) >= 11 is 0. The fraction of sp³-hybridized carbons (Fsp3) is 0.412. The predicted octanol–water partition coefficient (Wildman–Crippen LogP) is 2.51. The average molecular weight is 335 g/mol. The summed E-state index contributed by atoms with van der Waals surface area (Å²) in [5, 5.41) is 6.79. The predicted molar refractivity (Wildman–Crippen MR) is 84.8 cm³/mol. The Morgan fingerprint density at radius 2 is 2.21 bits per heavy atom. The highest BCUT2D eigenvalue weighted by Crippen LogP contribution is 2.24. The molecule has 1 fully saturated rings. The van der Waals surface area contributed by atoms with Crippen molar-refractivity contribution in [3.8, 4) is 0 Å². The lowest BCUT2D eigenvalue weighted by molar-refractivity contribution is -0.121. The van der Waals surface area contributed by atoms with Crippen LogP contribution in [0.25, 0.3) is 0 Å². The molecule has 1 N–H and O–H groups in total. The van der Waals surface area contributed by atoms with E-state index in [0.29, 0.717) is 36.7 Å². The molecule has 1 amide bonds. The van der Waals surface area contributed by atoms with Crippen LogP contribution in [-0.4, -0.2) is 30.2 Å². The van der Waals surface area contributed by atoms with E-state index in [1.54, 1.807) is 13.8 Å². The number of aromatic nitrogens is 1. The van der Waals surface area contributed by atoms with Crippen LogP contribution in [0.3, 0.4) is 0 Å². The highest BCUT2D eigenvalue weighted by molar-refractivity contribution is 5.79. The van der Waals surface area contributed by atoms with Crippen LogP contribution in [0.4, 0.5) is 14.5 Å². The Morgan fingerprint density at radius 3 is 2.88 bits per heavy atom. The molecule has 0 radical (unpaired) electrons. The number of carbonyl (C=O) groups excluding carboxylic acids is 1. The van der Waals surface area contributed by atoms with E-state index < -0.39 is 11.6 Å². The summed E-state index contributed by atoms with van der Waals surface area (Å²) in [7, 11) is 0. The fourth-order valence-electron chi connectivity index (χ4n) is 3.03. The minimum Gasteiger partial charge on any atom is -0.367 e. The van der Waals surface area contributed by atoms with Crippen molar-refractivity contribution < 1.29 is 18.1 Å². The highest BCUT2D eigenvalue weighted by atomic mass is 19.1. The molecular formula is C17H19F2N3O2. The quantitative estimate of drug-likeness (QED) is 0.933. The van der Waals surface area contributed by atoms with Crippen molar-refractivity contribution in [2.75, 3.05) is 18.0 Å². The summed E-state index contributed by atoms with van der Waals surface area (Å²) in [6.45, 7) is 4.68. The molecule has 0 unspecified atom stereocenters. The molecule has 0 bridgehead atoms. The minimum absolute atomic E-state index is 0.0672. The fourth-order valence-corrected chi connectivity index (χ4v) is 3.03. The topological polar surface area (TPSA) is 58.4 Å². The highest BCUT2D eigenvalue weighted by Gasteiger charge is 2.26. The van der Waals surface area contributed by atoms with Gasteiger partial charge in [-0.15, -0.1) is 0 Å². The van der Waals surface area contributed by atoms with Gasteiger partial charge in [0.2, 0.25) is 5.91 Å². The Hall–Kier alpha value is -2.44. The van der Waals surface area contributed by atoms with Crippen LogP contribution in [-0.2, 0) is 11.2 Å². The normalized spacial score (nSPS) is 17.3. The van der Waals surface area contributed by atoms with Crippen LogP contribution in [0.15, 0.2) is 22.7 Å². The first kappa shape index (κ1) is 16.4. The SMILES string of the molecule is Cc1noc(C)c1CC(=O)N[C@@H]1CCN(c2ccc(F)cc2F)C1. The lowest BCUT2D eigenvalue weighted by Crippen LogP contribution is -2.38. The zero-order chi connectivity index (χ0) is 17.3. The number of benzene rings is 1. The minimum atomic E-state index is -0.597. The van der Waals surface area contributed by atoms with Gasteiger partial charge in [0.15, 0.2) is 0 Å². The molecule has 7 heteroatoms. The van der Waals surface area contributed by atoms with Crippen molar-refractivity contribution in [3.05, 3.63) is 46.9 Å². The molecule has 1 saturated heterocycles. The van der Waals surface area contributed by atoms with Crippen molar-refractivity contribution >= 4 is 11.6 Å². The van der Waals surface area contributed by atoms with Crippen LogP contribution in [0.2, 0.25) is 0 Å². The van der Waals surface area contributed by atoms with Gasteiger partial charge in [0, 0.05) is 30.8 Å². The maximum atomic E-state index is 13.8. The lowest BCUT2D eigenvalue weighted by atomic mass is 10.1. The maximum Gasteiger partial charge on any atom is 0.224 e. The van der Waals surface area contributed by atoms with Gasteiger partial charge in [-0.2, -0.15) is 0 Å². The van der Waals surface area contributed by atoms with Crippen LogP contribution < -0.4 is 10.2 Å². The van der Waals surface area contributed by atoms with Gasteiger partial charge < -0.3 is 14.7 Å². The summed E-state index contributed by atoms with van der Waals surface area (Å²) in [5.74, 6) is -0.655. The largest absolute Gasteiger partial charge is 0.367 e. The number of nitrogens with zero attached hydrogens (tertiary/aromatic N) is 2. The first-order valence-electron chi connectivity index (χ1n) is 7.85. The zero-order valence-electron chi connectivity index (χ0n) is 13.6. The molecule has 128 valence electrons. The molecule has 5 nitrogen and oxygen atoms in total. The third-order valence-corrected chi connectivity index (χ3v) is 4.32. The Morgan fingerprint density at radius 1 is 1.42 bits per heavy atom. The number of anilines is 1. The number of rotatable bonds is 4. The van der Waals surface area contributed by atoms with Gasteiger partial charge in [0.05, 0.1) is 17.8 Å². The first-order chi connectivity index (χ1) is 11.4. The van der Waals surface area contributed by atoms with E-state index in [2.05, 4.69) is 10.5 Å². The molecule has 1 aliphatic heterocycles. The Bertz CT molecular complexity index is 741. The van der Waals surface area contributed by atoms with E-state index >= 15 is 0 Å². The molecule has 24 heavy (non-hydrogen) atoms. The standard InChI is InChI=1S/C17H19F2N3O2/c1-10-14(11(2)24-21-10)8-17(23)20-13-5-6-22(9-13)16-4-3-12(18)7-15(16)19/h3-4,7,13H,5-6,8-9H2,1-2H3,(H,20,23)/t13-/m1/s1. The summed E-state index contributed by atoms with van der Waals surface area (Å²) in [4.78, 5) is 14.0. The number of aryl methyl sites for hydroxylation is 2. The third kappa shape index (κ3) is 3.39. The van der Waals surface area contributed by atoms with Crippen molar-refractivity contribution in [2.45, 2.75) is 32.7 Å². The number of hydrogen-bond donors (Lipinski definition) is 1. The van der Waals surface area contributed by atoms with Gasteiger partial charge >= 0.3 is 0 Å². The van der Waals surface area contributed by atoms with Gasteiger partial charge in [-0.05, 0) is 32.4 Å². The van der Waals surface area contributed by atoms with Gasteiger partial charge in [0.1, 0.15) is 17.4 Å². The van der Waals surface area contributed by atoms with E-state index in [0.717, 1.165) is 11.6 Å². The average Bonchev–Trinajstić information content (AvgIpc) is 3.09. The van der Waals surface area contributed by atoms with Gasteiger partial charge in [0.25, 0.3) is 0 Å². The molecule has 0 spiro atoms. The van der Waals surface area contributed by atoms with Gasteiger partial charge in [-0.1, -0.05) is 5.16 Å². The van der Waals surface area contributed by atoms with Crippen molar-refractivity contribution in [1.82, 2.24) is 10.5 Å². The zero-order valence-corrected chi connectivity index (χ0v) is 13.6. The second kappa shape index (κ2) is 6.59. The molecule has 0 aliphatic carbocycles. The number of halogens is 2. The van der Waals surface area contributed by atoms with E-state index in [9.17, 15) is 13.6 Å². The summed E-state index contributed by atoms with van der Waals surface area (Å²) in [6.07, 6.45) is 0.923. The van der Waals surface area contributed by atoms with Crippen LogP contribution in [0, 0.1) is 25.5 Å². The van der Waals surface area contributed by atoms with E-state index in [-0.39, 0.29) is 18.4 Å². The van der Waals surface area contributed by atoms with E-state index in [1.165, 1.54) is 12.1 Å². The van der Waals surface area contributed by atoms with Gasteiger partial charge in [-0.25, -0.2) is 8.78 Å². The summed E-state index contributed by atoms with van der Waals surface area (Å²) in [6, 6.07) is 3.47. The first-order valence-corrected chi connectivity index (χ1v) is 7.85. The van der Waals surface area contributed by atoms with Crippen molar-refractivity contribution in [3.63, 3.8) is 0 Å². The number of amides is 1. The third-order valence-electron chi connectivity index (χ3n) is 4.32. The monoisotopic (exact) mass is 335 g/mol. The second-order valence-corrected chi connectivity index (χ2v) is 6.07. The van der Waals surface area contributed by atoms with Crippen molar-refractivity contribution in [2.24, 2.45) is 0 Å². The summed E-state index contributed by atoms with van der Waals surface area (Å²) < 4.78 is 31.9. The van der Waals surface area contributed by atoms with Crippen LogP contribution >= 0.6 is 0 Å². The van der Waals surface area contributed by atoms with Crippen molar-refractivity contribution in [1.29, 1.82) is 0 Å². The van der Waals surface area contributed by atoms with Gasteiger partial charge in [-0.3, -0.25) is 4.79 Å². The van der Waals surface area contributed by atoms with Crippen LogP contribution in [0.5, 0.6) is 0 Å². The number of carbonyl (C=O) groups is 1. The molecule has 0 saturated carbocycles. The van der Waals surface area contributed by atoms with Crippen LogP contribution in [0.1, 0.15) is 23.4 Å². The molecule has 2 aromatic rings. The number of nitrogens with one attached hydrogen (secondary N) is 1. The molecular weight excluding hydrogens is 316 g/mol. The Labute approximate surface area is 138 Å². The molecule has 2 heterocycles. The van der Waals surface area contributed by atoms with E-state index in [4.69, 9.17) is 4.52 Å². The Kier molecular flexibility index (Phi) is 4.51. The Balaban J connectivity index is 1.59.